The zero-order chi connectivity index (χ0) is 42.5. The highest BCUT2D eigenvalue weighted by molar-refractivity contribution is 5.59. The van der Waals surface area contributed by atoms with Gasteiger partial charge in [0.15, 0.2) is 0 Å². The summed E-state index contributed by atoms with van der Waals surface area (Å²) in [7, 11) is 0. The van der Waals surface area contributed by atoms with Crippen molar-refractivity contribution in [3.63, 3.8) is 0 Å². The molecular weight excluding hydrogens is 785 g/mol. The summed E-state index contributed by atoms with van der Waals surface area (Å²) in [4.78, 5) is 0. The normalized spacial score (nSPS) is 24.0. The van der Waals surface area contributed by atoms with E-state index in [-0.39, 0.29) is 0 Å². The number of hydrogen-bond acceptors (Lipinski definition) is 7. The Hall–Kier alpha value is -4.04. The molecule has 4 unspecified atom stereocenters. The number of aryl methyl sites for hydroxylation is 4. The van der Waals surface area contributed by atoms with Gasteiger partial charge in [-0.25, -0.2) is 0 Å². The van der Waals surface area contributed by atoms with Gasteiger partial charge in [-0.3, -0.25) is 0 Å². The first kappa shape index (κ1) is 42.9. The number of hydrogen-bond donors (Lipinski definition) is 0. The van der Waals surface area contributed by atoms with Crippen molar-refractivity contribution in [2.45, 2.75) is 140 Å². The van der Waals surface area contributed by atoms with Gasteiger partial charge in [-0.2, -0.15) is 0 Å². The van der Waals surface area contributed by atoms with Crippen LogP contribution in [0.4, 0.5) is 0 Å². The van der Waals surface area contributed by atoms with Gasteiger partial charge in [-0.15, -0.1) is 0 Å². The number of ether oxygens (including phenoxy) is 7. The smallest absolute Gasteiger partial charge is 0.126 e. The van der Waals surface area contributed by atoms with Crippen molar-refractivity contribution < 1.29 is 33.2 Å². The van der Waals surface area contributed by atoms with Crippen LogP contribution in [0.1, 0.15) is 168 Å². The molecule has 7 heteroatoms. The third-order valence-corrected chi connectivity index (χ3v) is 15.1. The summed E-state index contributed by atoms with van der Waals surface area (Å²) in [5.74, 6) is 5.61. The van der Waals surface area contributed by atoms with E-state index in [9.17, 15) is 0 Å². The first-order valence-corrected chi connectivity index (χ1v) is 25.0. The molecule has 0 aromatic heterocycles. The summed E-state index contributed by atoms with van der Waals surface area (Å²) in [6.07, 6.45) is 17.5. The molecule has 7 nitrogen and oxygen atoms in total. The molecule has 11 rings (SSSR count). The average Bonchev–Trinajstić information content (AvgIpc) is 3.25. The van der Waals surface area contributed by atoms with Crippen molar-refractivity contribution in [2.75, 3.05) is 66.1 Å². The lowest BCUT2D eigenvalue weighted by Gasteiger charge is -2.41. The predicted molar refractivity (Wildman–Crippen MR) is 249 cm³/mol. The van der Waals surface area contributed by atoms with Crippen molar-refractivity contribution in [1.82, 2.24) is 0 Å². The van der Waals surface area contributed by atoms with E-state index in [0.29, 0.717) is 89.7 Å². The number of benzene rings is 4. The largest absolute Gasteiger partial charge is 0.493 e. The van der Waals surface area contributed by atoms with E-state index in [1.165, 1.54) is 105 Å². The minimum atomic E-state index is 0.323. The van der Waals surface area contributed by atoms with Crippen LogP contribution in [-0.4, -0.2) is 66.1 Å². The standard InChI is InChI=1S/C56H70O7/c1-3-60-53-41-27-37-11-7-5-9-14-40-30-44-36-42-28-38-12-8-6-10-13-39-29-43(35-41)55(52(34-39)48-18-16-46(48)50(32-38)54(42)61-4-2)62-25-23-58-21-19-57-20-22-59-24-26-63-56(44)51(33-40)47-17-15-45(47)49(53)31-37/h27-34,45-48H,3-26,35-36H2,1-2H3. The van der Waals surface area contributed by atoms with E-state index in [1.807, 2.05) is 0 Å². The summed E-state index contributed by atoms with van der Waals surface area (Å²) in [6.45, 7) is 9.63. The van der Waals surface area contributed by atoms with Crippen LogP contribution in [0.25, 0.3) is 0 Å². The third kappa shape index (κ3) is 9.27. The summed E-state index contributed by atoms with van der Waals surface area (Å²) in [5.41, 5.74) is 16.4. The Bertz CT molecular complexity index is 2070. The van der Waals surface area contributed by atoms with Crippen LogP contribution in [0, 0.1) is 0 Å². The van der Waals surface area contributed by atoms with E-state index < -0.39 is 0 Å². The molecule has 0 N–H and O–H groups in total. The lowest BCUT2D eigenvalue weighted by molar-refractivity contribution is 0.00476. The second kappa shape index (κ2) is 20.0. The van der Waals surface area contributed by atoms with Gasteiger partial charge in [-0.05, 0) is 181 Å². The van der Waals surface area contributed by atoms with Crippen molar-refractivity contribution in [2.24, 2.45) is 0 Å². The molecule has 4 aromatic rings. The molecule has 2 saturated carbocycles. The van der Waals surface area contributed by atoms with Gasteiger partial charge in [0.1, 0.15) is 36.2 Å². The quantitative estimate of drug-likeness (QED) is 0.189. The lowest BCUT2D eigenvalue weighted by Crippen LogP contribution is -2.26. The van der Waals surface area contributed by atoms with E-state index in [4.69, 9.17) is 33.2 Å². The fraction of sp³-hybridized carbons (Fsp3) is 0.571. The molecule has 2 heterocycles. The van der Waals surface area contributed by atoms with Crippen LogP contribution in [0.15, 0.2) is 48.5 Å². The Kier molecular flexibility index (Phi) is 13.6. The van der Waals surface area contributed by atoms with E-state index in [0.717, 1.165) is 87.2 Å². The Balaban J connectivity index is 1.25. The molecule has 0 radical (unpaired) electrons. The minimum absolute atomic E-state index is 0.323. The maximum Gasteiger partial charge on any atom is 0.126 e. The molecule has 63 heavy (non-hydrogen) atoms. The van der Waals surface area contributed by atoms with Crippen LogP contribution < -0.4 is 18.9 Å². The topological polar surface area (TPSA) is 64.6 Å². The molecular formula is C56H70O7. The van der Waals surface area contributed by atoms with Crippen molar-refractivity contribution >= 4 is 0 Å². The molecule has 2 aliphatic heterocycles. The molecule has 0 saturated heterocycles. The minimum Gasteiger partial charge on any atom is -0.493 e. The number of rotatable bonds is 4. The molecule has 0 spiro atoms. The Morgan fingerprint density at radius 1 is 0.397 bits per heavy atom. The fourth-order valence-electron chi connectivity index (χ4n) is 11.8. The Morgan fingerprint density at radius 3 is 1.10 bits per heavy atom. The molecule has 0 amide bonds. The summed E-state index contributed by atoms with van der Waals surface area (Å²) < 4.78 is 46.2. The summed E-state index contributed by atoms with van der Waals surface area (Å²) >= 11 is 0. The Morgan fingerprint density at radius 2 is 0.730 bits per heavy atom. The average molecular weight is 855 g/mol. The predicted octanol–water partition coefficient (Wildman–Crippen LogP) is 11.7. The van der Waals surface area contributed by atoms with Gasteiger partial charge < -0.3 is 33.2 Å². The van der Waals surface area contributed by atoms with Gasteiger partial charge in [0.2, 0.25) is 0 Å². The van der Waals surface area contributed by atoms with E-state index in [2.05, 4.69) is 62.4 Å². The highest BCUT2D eigenvalue weighted by Gasteiger charge is 2.41. The summed E-state index contributed by atoms with van der Waals surface area (Å²) in [5, 5.41) is 0. The number of fused-ring (bicyclic) bond motifs is 16. The highest BCUT2D eigenvalue weighted by Crippen LogP contribution is 2.58. The monoisotopic (exact) mass is 855 g/mol. The molecule has 4 aromatic carbocycles. The molecule has 4 atom stereocenters. The zero-order valence-electron chi connectivity index (χ0n) is 38.2. The van der Waals surface area contributed by atoms with E-state index in [1.54, 1.807) is 0 Å². The maximum atomic E-state index is 7.10. The van der Waals surface area contributed by atoms with Crippen LogP contribution in [0.5, 0.6) is 23.0 Å². The van der Waals surface area contributed by atoms with Gasteiger partial charge in [-0.1, -0.05) is 61.4 Å². The van der Waals surface area contributed by atoms with Crippen LogP contribution in [0.2, 0.25) is 0 Å². The highest BCUT2D eigenvalue weighted by atomic mass is 16.6. The van der Waals surface area contributed by atoms with Crippen molar-refractivity contribution in [3.05, 3.63) is 115 Å². The van der Waals surface area contributed by atoms with E-state index >= 15 is 0 Å². The van der Waals surface area contributed by atoms with Crippen LogP contribution >= 0.6 is 0 Å². The van der Waals surface area contributed by atoms with Crippen molar-refractivity contribution in [3.8, 4) is 23.0 Å². The fourth-order valence-corrected chi connectivity index (χ4v) is 11.8. The van der Waals surface area contributed by atoms with Gasteiger partial charge in [0, 0.05) is 12.8 Å². The lowest BCUT2D eigenvalue weighted by atomic mass is 9.64. The van der Waals surface area contributed by atoms with Crippen molar-refractivity contribution in [1.29, 1.82) is 0 Å². The van der Waals surface area contributed by atoms with Crippen LogP contribution in [0.3, 0.4) is 0 Å². The van der Waals surface area contributed by atoms with Crippen LogP contribution in [-0.2, 0) is 52.7 Å². The maximum absolute atomic E-state index is 7.10. The Labute approximate surface area is 376 Å². The molecule has 336 valence electrons. The molecule has 5 aliphatic carbocycles. The second-order valence-electron chi connectivity index (χ2n) is 19.1. The molecule has 2 fully saturated rings. The second-order valence-corrected chi connectivity index (χ2v) is 19.1. The van der Waals surface area contributed by atoms with Gasteiger partial charge in [0.25, 0.3) is 0 Å². The van der Waals surface area contributed by atoms with Gasteiger partial charge in [0.05, 0.1) is 52.9 Å². The molecule has 14 bridgehead atoms. The third-order valence-electron chi connectivity index (χ3n) is 15.1. The zero-order valence-corrected chi connectivity index (χ0v) is 38.2. The first-order valence-electron chi connectivity index (χ1n) is 25.0. The molecule has 7 aliphatic rings. The SMILES string of the molecule is CCOc1c2cc3cc1C1CCC1c1cc(cc4c1OCCOCCOCCOCCOc1c(cc5cc1C1CCC1c1cc(cc(c1OCC)C4)CCCCC5)C2)CCCCC3. The van der Waals surface area contributed by atoms with Gasteiger partial charge >= 0.3 is 0 Å². The summed E-state index contributed by atoms with van der Waals surface area (Å²) in [6, 6.07) is 20.2. The first-order chi connectivity index (χ1) is 31.1.